The van der Waals surface area contributed by atoms with Gasteiger partial charge in [-0.3, -0.25) is 19.7 Å². The van der Waals surface area contributed by atoms with Crippen molar-refractivity contribution in [2.24, 2.45) is 5.92 Å². The number of nitro benzene ring substituents is 1. The minimum atomic E-state index is -0.984. The maximum atomic E-state index is 12.6. The second-order valence-electron chi connectivity index (χ2n) is 5.45. The van der Waals surface area contributed by atoms with E-state index in [1.54, 1.807) is 0 Å². The van der Waals surface area contributed by atoms with E-state index in [1.165, 1.54) is 11.0 Å². The van der Waals surface area contributed by atoms with E-state index in [1.807, 2.05) is 0 Å². The Kier molecular flexibility index (Phi) is 5.12. The van der Waals surface area contributed by atoms with Crippen LogP contribution in [0.1, 0.15) is 33.6 Å². The Bertz CT molecular complexity index is 701. The summed E-state index contributed by atoms with van der Waals surface area (Å²) in [7, 11) is 1.13. The molecule has 0 saturated carbocycles. The van der Waals surface area contributed by atoms with Gasteiger partial charge in [-0.15, -0.1) is 0 Å². The van der Waals surface area contributed by atoms with Crippen molar-refractivity contribution in [3.63, 3.8) is 0 Å². The first kappa shape index (κ1) is 17.4. The fourth-order valence-electron chi connectivity index (χ4n) is 2.62. The third kappa shape index (κ3) is 3.67. The third-order valence-electron chi connectivity index (χ3n) is 3.85. The van der Waals surface area contributed by atoms with Gasteiger partial charge in [-0.05, 0) is 18.9 Å². The van der Waals surface area contributed by atoms with Crippen molar-refractivity contribution in [3.05, 3.63) is 39.4 Å². The third-order valence-corrected chi connectivity index (χ3v) is 3.85. The lowest BCUT2D eigenvalue weighted by Gasteiger charge is -2.30. The summed E-state index contributed by atoms with van der Waals surface area (Å²) >= 11 is 0. The lowest BCUT2D eigenvalue weighted by Crippen LogP contribution is -2.42. The first-order chi connectivity index (χ1) is 11.3. The molecular weight excluding hydrogens is 320 g/mol. The predicted molar refractivity (Wildman–Crippen MR) is 80.7 cm³/mol. The van der Waals surface area contributed by atoms with Gasteiger partial charge in [0.15, 0.2) is 0 Å². The number of carbonyl (C=O) groups excluding carboxylic acids is 2. The Labute approximate surface area is 137 Å². The van der Waals surface area contributed by atoms with Crippen molar-refractivity contribution in [1.29, 1.82) is 0 Å². The molecule has 0 spiro atoms. The second-order valence-corrected chi connectivity index (χ2v) is 5.45. The molecule has 0 aliphatic carbocycles. The molecule has 1 heterocycles. The lowest BCUT2D eigenvalue weighted by atomic mass is 9.97. The van der Waals surface area contributed by atoms with Crippen molar-refractivity contribution in [2.75, 3.05) is 20.2 Å². The number of nitrogens with zero attached hydrogens (tertiary/aromatic N) is 2. The Hall–Kier alpha value is -2.97. The van der Waals surface area contributed by atoms with Crippen LogP contribution >= 0.6 is 0 Å². The zero-order chi connectivity index (χ0) is 17.9. The van der Waals surface area contributed by atoms with Crippen LogP contribution in [0.2, 0.25) is 0 Å². The van der Waals surface area contributed by atoms with Gasteiger partial charge in [0.25, 0.3) is 11.6 Å². The number of hydrogen-bond acceptors (Lipinski definition) is 6. The molecule has 1 aliphatic heterocycles. The zero-order valence-electron chi connectivity index (χ0n) is 12.9. The molecule has 9 heteroatoms. The topological polar surface area (TPSA) is 127 Å². The van der Waals surface area contributed by atoms with E-state index < -0.39 is 34.4 Å². The van der Waals surface area contributed by atoms with Gasteiger partial charge in [0.2, 0.25) is 0 Å². The molecule has 2 rings (SSSR count). The molecular formula is C15H16N2O7. The number of nitro groups is 1. The number of benzene rings is 1. The smallest absolute Gasteiger partial charge is 0.338 e. The van der Waals surface area contributed by atoms with Crippen LogP contribution in [0.5, 0.6) is 0 Å². The van der Waals surface area contributed by atoms with Crippen LogP contribution in [-0.2, 0) is 9.53 Å². The molecule has 24 heavy (non-hydrogen) atoms. The number of methoxy groups -OCH3 is 1. The molecule has 1 aliphatic rings. The van der Waals surface area contributed by atoms with E-state index in [0.29, 0.717) is 19.4 Å². The van der Waals surface area contributed by atoms with Gasteiger partial charge in [0, 0.05) is 30.8 Å². The molecule has 1 saturated heterocycles. The summed E-state index contributed by atoms with van der Waals surface area (Å²) in [5.74, 6) is -2.99. The number of carboxylic acid groups (broad SMARTS) is 1. The number of carbonyl (C=O) groups is 3. The standard InChI is InChI=1S/C15H16N2O7/c1-24-15(21)11-5-10(6-12(7-11)17(22)23)13(18)16-4-2-3-9(8-16)14(19)20/h5-7,9H,2-4,8H2,1H3,(H,19,20)/t9-/m0/s1. The minimum Gasteiger partial charge on any atom is -0.481 e. The molecule has 1 N–H and O–H groups in total. The van der Waals surface area contributed by atoms with Crippen LogP contribution in [0.15, 0.2) is 18.2 Å². The van der Waals surface area contributed by atoms with E-state index in [4.69, 9.17) is 5.11 Å². The number of aliphatic carboxylic acids is 1. The molecule has 1 fully saturated rings. The number of carboxylic acids is 1. The first-order valence-electron chi connectivity index (χ1n) is 7.23. The Balaban J connectivity index is 2.34. The van der Waals surface area contributed by atoms with Crippen LogP contribution in [-0.4, -0.2) is 53.0 Å². The van der Waals surface area contributed by atoms with Gasteiger partial charge in [-0.1, -0.05) is 0 Å². The van der Waals surface area contributed by atoms with E-state index >= 15 is 0 Å². The molecule has 1 aromatic rings. The Morgan fingerprint density at radius 2 is 1.96 bits per heavy atom. The molecule has 1 atom stereocenters. The van der Waals surface area contributed by atoms with Crippen LogP contribution in [0.25, 0.3) is 0 Å². The van der Waals surface area contributed by atoms with Crippen LogP contribution in [0, 0.1) is 16.0 Å². The van der Waals surface area contributed by atoms with Gasteiger partial charge < -0.3 is 14.7 Å². The average Bonchev–Trinajstić information content (AvgIpc) is 2.59. The van der Waals surface area contributed by atoms with Gasteiger partial charge in [0.1, 0.15) is 0 Å². The maximum absolute atomic E-state index is 12.6. The largest absolute Gasteiger partial charge is 0.481 e. The highest BCUT2D eigenvalue weighted by molar-refractivity contribution is 5.99. The SMILES string of the molecule is COC(=O)c1cc(C(=O)N2CCC[C@H](C(=O)O)C2)cc([N+](=O)[O-])c1. The fourth-order valence-corrected chi connectivity index (χ4v) is 2.62. The molecule has 9 nitrogen and oxygen atoms in total. The molecule has 0 aromatic heterocycles. The van der Waals surface area contributed by atoms with Crippen molar-refractivity contribution in [1.82, 2.24) is 4.90 Å². The molecule has 128 valence electrons. The summed E-state index contributed by atoms with van der Waals surface area (Å²) in [6, 6.07) is 3.31. The number of rotatable bonds is 4. The summed E-state index contributed by atoms with van der Waals surface area (Å²) in [4.78, 5) is 46.9. The predicted octanol–water partition coefficient (Wildman–Crippen LogP) is 1.32. The quantitative estimate of drug-likeness (QED) is 0.499. The van der Waals surface area contributed by atoms with Crippen LogP contribution in [0.3, 0.4) is 0 Å². The van der Waals surface area contributed by atoms with E-state index in [0.717, 1.165) is 19.2 Å². The highest BCUT2D eigenvalue weighted by Crippen LogP contribution is 2.23. The number of hydrogen-bond donors (Lipinski definition) is 1. The minimum absolute atomic E-state index is 0.0322. The van der Waals surface area contributed by atoms with E-state index in [-0.39, 0.29) is 17.7 Å². The summed E-state index contributed by atoms with van der Waals surface area (Å²) in [5.41, 5.74) is -0.564. The van der Waals surface area contributed by atoms with Crippen LogP contribution in [0.4, 0.5) is 5.69 Å². The van der Waals surface area contributed by atoms with Crippen molar-refractivity contribution >= 4 is 23.5 Å². The number of piperidine rings is 1. The molecule has 0 unspecified atom stereocenters. The first-order valence-corrected chi connectivity index (χ1v) is 7.23. The van der Waals surface area contributed by atoms with E-state index in [2.05, 4.69) is 4.74 Å². The summed E-state index contributed by atoms with van der Waals surface area (Å²) < 4.78 is 4.54. The normalized spacial score (nSPS) is 17.2. The Morgan fingerprint density at radius 1 is 1.29 bits per heavy atom. The van der Waals surface area contributed by atoms with Crippen LogP contribution < -0.4 is 0 Å². The maximum Gasteiger partial charge on any atom is 0.338 e. The molecule has 1 aromatic carbocycles. The summed E-state index contributed by atoms with van der Waals surface area (Å²) in [5, 5.41) is 20.1. The van der Waals surface area contributed by atoms with E-state index in [9.17, 15) is 24.5 Å². The van der Waals surface area contributed by atoms with Crippen molar-refractivity contribution < 1.29 is 29.2 Å². The number of non-ortho nitro benzene ring substituents is 1. The fraction of sp³-hybridized carbons (Fsp3) is 0.400. The van der Waals surface area contributed by atoms with Gasteiger partial charge >= 0.3 is 11.9 Å². The number of ether oxygens (including phenoxy) is 1. The average molecular weight is 336 g/mol. The van der Waals surface area contributed by atoms with Gasteiger partial charge in [-0.2, -0.15) is 0 Å². The molecule has 0 radical (unpaired) electrons. The summed E-state index contributed by atoms with van der Waals surface area (Å²) in [6.45, 7) is 0.392. The Morgan fingerprint density at radius 3 is 2.54 bits per heavy atom. The summed E-state index contributed by atoms with van der Waals surface area (Å²) in [6.07, 6.45) is 1.00. The highest BCUT2D eigenvalue weighted by Gasteiger charge is 2.29. The second kappa shape index (κ2) is 7.07. The lowest BCUT2D eigenvalue weighted by molar-refractivity contribution is -0.384. The zero-order valence-corrected chi connectivity index (χ0v) is 12.9. The van der Waals surface area contributed by atoms with Gasteiger partial charge in [0.05, 0.1) is 23.5 Å². The van der Waals surface area contributed by atoms with Gasteiger partial charge in [-0.25, -0.2) is 4.79 Å². The van der Waals surface area contributed by atoms with Crippen molar-refractivity contribution in [2.45, 2.75) is 12.8 Å². The molecule has 1 amide bonds. The number of likely N-dealkylation sites (tertiary alicyclic amines) is 1. The monoisotopic (exact) mass is 336 g/mol. The number of amides is 1. The van der Waals surface area contributed by atoms with Crippen molar-refractivity contribution in [3.8, 4) is 0 Å². The number of esters is 1. The highest BCUT2D eigenvalue weighted by atomic mass is 16.6. The molecule has 0 bridgehead atoms.